The highest BCUT2D eigenvalue weighted by atomic mass is 15.1. The number of hydrogen-bond donors (Lipinski definition) is 1. The van der Waals surface area contributed by atoms with Gasteiger partial charge in [0, 0.05) is 33.5 Å². The van der Waals surface area contributed by atoms with Crippen molar-refractivity contribution in [2.75, 3.05) is 5.73 Å². The van der Waals surface area contributed by atoms with Crippen molar-refractivity contribution < 1.29 is 0 Å². The van der Waals surface area contributed by atoms with Gasteiger partial charge in [0.15, 0.2) is 17.5 Å². The predicted molar refractivity (Wildman–Crippen MR) is 205 cm³/mol. The van der Waals surface area contributed by atoms with E-state index in [0.717, 1.165) is 67.2 Å². The summed E-state index contributed by atoms with van der Waals surface area (Å²) >= 11 is 0. The smallest absolute Gasteiger partial charge is 0.164 e. The number of rotatable bonds is 6. The first kappa shape index (κ1) is 30.9. The molecule has 242 valence electrons. The van der Waals surface area contributed by atoms with E-state index in [4.69, 9.17) is 25.7 Å². The van der Waals surface area contributed by atoms with Gasteiger partial charge in [-0.25, -0.2) is 19.9 Å². The summed E-state index contributed by atoms with van der Waals surface area (Å²) in [7, 11) is 0. The number of nitrogens with zero attached hydrogens (tertiary/aromatic N) is 5. The number of aromatic nitrogens is 5. The second kappa shape index (κ2) is 12.6. The second-order valence-electron chi connectivity index (χ2n) is 13.5. The lowest BCUT2D eigenvalue weighted by Crippen LogP contribution is -2.18. The minimum atomic E-state index is -0.160. The maximum absolute atomic E-state index is 5.97. The van der Waals surface area contributed by atoms with Gasteiger partial charge in [0.2, 0.25) is 0 Å². The molecule has 50 heavy (non-hydrogen) atoms. The number of para-hydroxylation sites is 2. The molecule has 0 radical (unpaired) electrons. The summed E-state index contributed by atoms with van der Waals surface area (Å²) < 4.78 is 2.28. The van der Waals surface area contributed by atoms with Gasteiger partial charge in [0.1, 0.15) is 5.82 Å². The minimum absolute atomic E-state index is 0.160. The van der Waals surface area contributed by atoms with Crippen LogP contribution in [0.4, 0.5) is 5.69 Å². The maximum atomic E-state index is 5.97. The van der Waals surface area contributed by atoms with E-state index < -0.39 is 0 Å². The number of nitrogen functional groups attached to an aromatic ring is 1. The van der Waals surface area contributed by atoms with Gasteiger partial charge < -0.3 is 5.73 Å². The van der Waals surface area contributed by atoms with Crippen molar-refractivity contribution in [3.63, 3.8) is 0 Å². The summed E-state index contributed by atoms with van der Waals surface area (Å²) in [4.78, 5) is 20.3. The molecule has 0 unspecified atom stereocenters. The standard InChI is InChI=1S/C44H36N6/c1-44(2,3)43-46-38-21-9-10-22-39(38)50(43)35-18-12-16-32(28-35)36-19-7-8-20-37(36)42-48-40(30-13-5-4-6-14-30)47-41(49-42)33-17-11-15-31(27-33)29-23-25-34(45)26-24-29/h4-28H,45H2,1-3H3. The summed E-state index contributed by atoms with van der Waals surface area (Å²) in [6, 6.07) is 51.6. The van der Waals surface area contributed by atoms with Gasteiger partial charge in [-0.2, -0.15) is 0 Å². The zero-order chi connectivity index (χ0) is 34.2. The van der Waals surface area contributed by atoms with Crippen molar-refractivity contribution in [2.24, 2.45) is 0 Å². The first-order chi connectivity index (χ1) is 24.3. The van der Waals surface area contributed by atoms with Crippen LogP contribution in [0.3, 0.4) is 0 Å². The van der Waals surface area contributed by atoms with Crippen LogP contribution in [0.2, 0.25) is 0 Å². The summed E-state index contributed by atoms with van der Waals surface area (Å²) in [5, 5.41) is 0. The van der Waals surface area contributed by atoms with Crippen molar-refractivity contribution >= 4 is 16.7 Å². The maximum Gasteiger partial charge on any atom is 0.164 e. The first-order valence-electron chi connectivity index (χ1n) is 16.8. The highest BCUT2D eigenvalue weighted by Crippen LogP contribution is 2.36. The molecule has 2 heterocycles. The SMILES string of the molecule is CC(C)(C)c1nc2ccccc2n1-c1cccc(-c2ccccc2-c2nc(-c3ccccc3)nc(-c3cccc(-c4ccc(N)cc4)c3)n2)c1. The molecule has 0 aliphatic heterocycles. The normalized spacial score (nSPS) is 11.6. The Labute approximate surface area is 292 Å². The lowest BCUT2D eigenvalue weighted by Gasteiger charge is -2.21. The number of benzene rings is 6. The van der Waals surface area contributed by atoms with Gasteiger partial charge in [0.05, 0.1) is 11.0 Å². The van der Waals surface area contributed by atoms with E-state index in [1.807, 2.05) is 78.9 Å². The van der Waals surface area contributed by atoms with Crippen LogP contribution < -0.4 is 5.73 Å². The third kappa shape index (κ3) is 5.92. The van der Waals surface area contributed by atoms with E-state index in [0.29, 0.717) is 17.5 Å². The third-order valence-corrected chi connectivity index (χ3v) is 8.85. The fraction of sp³-hybridized carbons (Fsp3) is 0.0909. The van der Waals surface area contributed by atoms with Gasteiger partial charge in [-0.3, -0.25) is 4.57 Å². The van der Waals surface area contributed by atoms with Crippen LogP contribution in [0.1, 0.15) is 26.6 Å². The molecule has 8 aromatic rings. The number of anilines is 1. The molecule has 0 bridgehead atoms. The topological polar surface area (TPSA) is 82.5 Å². The molecule has 2 aromatic heterocycles. The molecule has 0 saturated heterocycles. The Morgan fingerprint density at radius 1 is 0.460 bits per heavy atom. The highest BCUT2D eigenvalue weighted by Gasteiger charge is 2.24. The molecule has 6 heteroatoms. The lowest BCUT2D eigenvalue weighted by atomic mass is 9.95. The zero-order valence-corrected chi connectivity index (χ0v) is 28.2. The molecule has 6 aromatic carbocycles. The first-order valence-corrected chi connectivity index (χ1v) is 16.8. The predicted octanol–water partition coefficient (Wildman–Crippen LogP) is 10.4. The van der Waals surface area contributed by atoms with Crippen molar-refractivity contribution in [3.05, 3.63) is 157 Å². The monoisotopic (exact) mass is 648 g/mol. The molecular weight excluding hydrogens is 613 g/mol. The molecule has 0 atom stereocenters. The second-order valence-corrected chi connectivity index (χ2v) is 13.5. The largest absolute Gasteiger partial charge is 0.399 e. The van der Waals surface area contributed by atoms with Crippen LogP contribution in [0.25, 0.3) is 73.1 Å². The summed E-state index contributed by atoms with van der Waals surface area (Å²) in [5.41, 5.74) is 16.6. The number of nitrogens with two attached hydrogens (primary N) is 1. The average molecular weight is 649 g/mol. The van der Waals surface area contributed by atoms with Gasteiger partial charge in [-0.1, -0.05) is 130 Å². The van der Waals surface area contributed by atoms with Crippen LogP contribution in [-0.2, 0) is 5.41 Å². The Kier molecular flexibility index (Phi) is 7.77. The van der Waals surface area contributed by atoms with Gasteiger partial charge in [0.25, 0.3) is 0 Å². The van der Waals surface area contributed by atoms with E-state index in [-0.39, 0.29) is 5.41 Å². The molecule has 0 aliphatic rings. The molecule has 0 aliphatic carbocycles. The minimum Gasteiger partial charge on any atom is -0.399 e. The quantitative estimate of drug-likeness (QED) is 0.181. The molecule has 0 fully saturated rings. The lowest BCUT2D eigenvalue weighted by molar-refractivity contribution is 0.539. The summed E-state index contributed by atoms with van der Waals surface area (Å²) in [5.74, 6) is 2.84. The van der Waals surface area contributed by atoms with E-state index in [2.05, 4.69) is 98.1 Å². The van der Waals surface area contributed by atoms with Crippen LogP contribution in [0.5, 0.6) is 0 Å². The van der Waals surface area contributed by atoms with Crippen molar-refractivity contribution in [2.45, 2.75) is 26.2 Å². The third-order valence-electron chi connectivity index (χ3n) is 8.85. The van der Waals surface area contributed by atoms with Crippen LogP contribution in [0.15, 0.2) is 152 Å². The van der Waals surface area contributed by atoms with Crippen LogP contribution >= 0.6 is 0 Å². The molecule has 0 saturated carbocycles. The Bertz CT molecular complexity index is 2470. The Hall–Kier alpha value is -6.40. The van der Waals surface area contributed by atoms with Gasteiger partial charge in [-0.15, -0.1) is 0 Å². The molecule has 0 amide bonds. The molecule has 8 rings (SSSR count). The number of imidazole rings is 1. The Morgan fingerprint density at radius 2 is 1.06 bits per heavy atom. The Balaban J connectivity index is 1.28. The number of hydrogen-bond acceptors (Lipinski definition) is 5. The highest BCUT2D eigenvalue weighted by molar-refractivity contribution is 5.84. The van der Waals surface area contributed by atoms with E-state index in [1.54, 1.807) is 0 Å². The fourth-order valence-corrected chi connectivity index (χ4v) is 6.39. The van der Waals surface area contributed by atoms with Crippen LogP contribution in [-0.4, -0.2) is 24.5 Å². The molecular formula is C44H36N6. The van der Waals surface area contributed by atoms with Gasteiger partial charge in [-0.05, 0) is 64.7 Å². The van der Waals surface area contributed by atoms with Crippen LogP contribution in [0, 0.1) is 0 Å². The van der Waals surface area contributed by atoms with Crippen molar-refractivity contribution in [3.8, 4) is 62.1 Å². The molecule has 2 N–H and O–H groups in total. The fourth-order valence-electron chi connectivity index (χ4n) is 6.39. The van der Waals surface area contributed by atoms with E-state index in [9.17, 15) is 0 Å². The summed E-state index contributed by atoms with van der Waals surface area (Å²) in [6.45, 7) is 6.62. The van der Waals surface area contributed by atoms with E-state index >= 15 is 0 Å². The summed E-state index contributed by atoms with van der Waals surface area (Å²) in [6.07, 6.45) is 0. The number of fused-ring (bicyclic) bond motifs is 1. The van der Waals surface area contributed by atoms with E-state index in [1.165, 1.54) is 0 Å². The molecule has 6 nitrogen and oxygen atoms in total. The van der Waals surface area contributed by atoms with Crippen molar-refractivity contribution in [1.82, 2.24) is 24.5 Å². The van der Waals surface area contributed by atoms with Gasteiger partial charge >= 0.3 is 0 Å². The van der Waals surface area contributed by atoms with Crippen molar-refractivity contribution in [1.29, 1.82) is 0 Å². The average Bonchev–Trinajstić information content (AvgIpc) is 3.56. The molecule has 0 spiro atoms. The zero-order valence-electron chi connectivity index (χ0n) is 28.2. The Morgan fingerprint density at radius 3 is 1.84 bits per heavy atom.